The van der Waals surface area contributed by atoms with Gasteiger partial charge >= 0.3 is 0 Å². The van der Waals surface area contributed by atoms with Crippen molar-refractivity contribution < 1.29 is 13.2 Å². The maximum atomic E-state index is 13.0. The molecular formula is C19H21N3O3S. The lowest BCUT2D eigenvalue weighted by atomic mass is 10.1. The number of nitrogens with two attached hydrogens (primary N) is 1. The Morgan fingerprint density at radius 1 is 1.15 bits per heavy atom. The van der Waals surface area contributed by atoms with Crippen molar-refractivity contribution >= 4 is 26.8 Å². The fraction of sp³-hybridized carbons (Fsp3) is 0.211. The molecule has 6 nitrogen and oxygen atoms in total. The number of primary sulfonamides is 1. The van der Waals surface area contributed by atoms with E-state index in [-0.39, 0.29) is 10.8 Å². The smallest absolute Gasteiger partial charge is 0.254 e. The van der Waals surface area contributed by atoms with Crippen LogP contribution in [0.15, 0.2) is 53.6 Å². The number of aromatic nitrogens is 1. The normalized spacial score (nSPS) is 11.7. The first-order valence-corrected chi connectivity index (χ1v) is 9.83. The molecule has 2 aromatic carbocycles. The van der Waals surface area contributed by atoms with E-state index in [2.05, 4.69) is 4.98 Å². The summed E-state index contributed by atoms with van der Waals surface area (Å²) in [6.07, 6.45) is 1.87. The molecule has 0 bridgehead atoms. The third-order valence-corrected chi connectivity index (χ3v) is 5.34. The minimum Gasteiger partial charge on any atom is -0.361 e. The number of fused-ring (bicyclic) bond motifs is 1. The molecule has 1 aromatic heterocycles. The summed E-state index contributed by atoms with van der Waals surface area (Å²) in [5.74, 6) is -0.218. The molecule has 0 aliphatic heterocycles. The maximum absolute atomic E-state index is 13.0. The van der Waals surface area contributed by atoms with Gasteiger partial charge in [0.25, 0.3) is 5.91 Å². The van der Waals surface area contributed by atoms with E-state index in [0.717, 1.165) is 16.5 Å². The third-order valence-electron chi connectivity index (χ3n) is 4.43. The number of H-pyrrole nitrogens is 1. The van der Waals surface area contributed by atoms with Crippen LogP contribution in [0.3, 0.4) is 0 Å². The molecule has 7 heteroatoms. The lowest BCUT2D eigenvalue weighted by Gasteiger charge is -2.22. The average molecular weight is 371 g/mol. The van der Waals surface area contributed by atoms with Gasteiger partial charge in [0.05, 0.1) is 4.90 Å². The van der Waals surface area contributed by atoms with E-state index < -0.39 is 10.0 Å². The van der Waals surface area contributed by atoms with Crippen LogP contribution in [-0.4, -0.2) is 30.8 Å². The fourth-order valence-electron chi connectivity index (χ4n) is 2.93. The zero-order chi connectivity index (χ0) is 18.9. The maximum Gasteiger partial charge on any atom is 0.254 e. The second-order valence-corrected chi connectivity index (χ2v) is 7.80. The van der Waals surface area contributed by atoms with E-state index in [1.54, 1.807) is 17.9 Å². The Hall–Kier alpha value is -2.64. The second kappa shape index (κ2) is 6.93. The van der Waals surface area contributed by atoms with Gasteiger partial charge in [-0.15, -0.1) is 0 Å². The number of aryl methyl sites for hydroxylation is 1. The molecule has 136 valence electrons. The first kappa shape index (κ1) is 18.2. The summed E-state index contributed by atoms with van der Waals surface area (Å²) in [5, 5.41) is 6.28. The number of benzene rings is 2. The summed E-state index contributed by atoms with van der Waals surface area (Å²) in [7, 11) is -3.86. The Bertz CT molecular complexity index is 1070. The highest BCUT2D eigenvalue weighted by Crippen LogP contribution is 2.20. The molecule has 0 aliphatic carbocycles. The first-order chi connectivity index (χ1) is 12.3. The van der Waals surface area contributed by atoms with Crippen LogP contribution in [0.5, 0.6) is 0 Å². The second-order valence-electron chi connectivity index (χ2n) is 6.24. The van der Waals surface area contributed by atoms with Crippen LogP contribution >= 0.6 is 0 Å². The Balaban J connectivity index is 1.91. The molecule has 0 unspecified atom stereocenters. The molecule has 3 rings (SSSR count). The predicted molar refractivity (Wildman–Crippen MR) is 101 cm³/mol. The number of carbonyl (C=O) groups excluding carboxylic acids is 1. The number of nitrogens with zero attached hydrogens (tertiary/aromatic N) is 1. The average Bonchev–Trinajstić information content (AvgIpc) is 3.06. The van der Waals surface area contributed by atoms with Crippen molar-refractivity contribution in [3.05, 3.63) is 65.4 Å². The monoisotopic (exact) mass is 371 g/mol. The highest BCUT2D eigenvalue weighted by molar-refractivity contribution is 7.89. The van der Waals surface area contributed by atoms with E-state index in [1.807, 2.05) is 37.4 Å². The van der Waals surface area contributed by atoms with Gasteiger partial charge in [-0.1, -0.05) is 12.1 Å². The molecule has 0 saturated heterocycles. The van der Waals surface area contributed by atoms with Crippen LogP contribution < -0.4 is 5.14 Å². The van der Waals surface area contributed by atoms with Gasteiger partial charge in [-0.05, 0) is 60.7 Å². The van der Waals surface area contributed by atoms with Crippen molar-refractivity contribution in [2.45, 2.75) is 25.3 Å². The van der Waals surface area contributed by atoms with Crippen LogP contribution in [0.25, 0.3) is 10.9 Å². The van der Waals surface area contributed by atoms with Gasteiger partial charge in [-0.25, -0.2) is 13.6 Å². The zero-order valence-electron chi connectivity index (χ0n) is 14.7. The van der Waals surface area contributed by atoms with Gasteiger partial charge in [0.15, 0.2) is 0 Å². The van der Waals surface area contributed by atoms with E-state index >= 15 is 0 Å². The summed E-state index contributed by atoms with van der Waals surface area (Å²) < 4.78 is 23.2. The number of hydrogen-bond acceptors (Lipinski definition) is 3. The van der Waals surface area contributed by atoms with Crippen molar-refractivity contribution in [1.82, 2.24) is 9.88 Å². The summed E-state index contributed by atoms with van der Waals surface area (Å²) in [5.41, 5.74) is 3.11. The molecule has 0 saturated carbocycles. The molecule has 0 atom stereocenters. The first-order valence-electron chi connectivity index (χ1n) is 8.28. The van der Waals surface area contributed by atoms with Crippen LogP contribution in [-0.2, 0) is 16.6 Å². The SMILES string of the molecule is CCN(Cc1ccc2[nH]ccc2c1)C(=O)c1cc(S(N)(=O)=O)ccc1C. The van der Waals surface area contributed by atoms with E-state index in [9.17, 15) is 13.2 Å². The van der Waals surface area contributed by atoms with Crippen LogP contribution in [0.4, 0.5) is 0 Å². The molecule has 0 radical (unpaired) electrons. The largest absolute Gasteiger partial charge is 0.361 e. The van der Waals surface area contributed by atoms with E-state index in [0.29, 0.717) is 24.2 Å². The lowest BCUT2D eigenvalue weighted by molar-refractivity contribution is 0.0751. The summed E-state index contributed by atoms with van der Waals surface area (Å²) in [6.45, 7) is 4.62. The van der Waals surface area contributed by atoms with Gasteiger partial charge in [0.2, 0.25) is 10.0 Å². The highest BCUT2D eigenvalue weighted by Gasteiger charge is 2.19. The summed E-state index contributed by atoms with van der Waals surface area (Å²) >= 11 is 0. The lowest BCUT2D eigenvalue weighted by Crippen LogP contribution is -2.31. The zero-order valence-corrected chi connectivity index (χ0v) is 15.5. The number of aromatic amines is 1. The van der Waals surface area contributed by atoms with Crippen LogP contribution in [0.2, 0.25) is 0 Å². The van der Waals surface area contributed by atoms with Gasteiger partial charge in [-0.3, -0.25) is 4.79 Å². The van der Waals surface area contributed by atoms with Crippen molar-refractivity contribution in [1.29, 1.82) is 0 Å². The number of rotatable bonds is 5. The Morgan fingerprint density at radius 2 is 1.92 bits per heavy atom. The van der Waals surface area contributed by atoms with Crippen LogP contribution in [0, 0.1) is 6.92 Å². The minimum atomic E-state index is -3.86. The van der Waals surface area contributed by atoms with Gasteiger partial charge in [0, 0.05) is 30.4 Å². The Labute approximate surface area is 152 Å². The van der Waals surface area contributed by atoms with Gasteiger partial charge < -0.3 is 9.88 Å². The quantitative estimate of drug-likeness (QED) is 0.722. The van der Waals surface area contributed by atoms with E-state index in [1.165, 1.54) is 12.1 Å². The van der Waals surface area contributed by atoms with Gasteiger partial charge in [-0.2, -0.15) is 0 Å². The third kappa shape index (κ3) is 3.63. The molecule has 3 N–H and O–H groups in total. The number of nitrogens with one attached hydrogen (secondary N) is 1. The minimum absolute atomic E-state index is 0.0590. The molecule has 26 heavy (non-hydrogen) atoms. The molecule has 0 fully saturated rings. The molecule has 0 spiro atoms. The highest BCUT2D eigenvalue weighted by atomic mass is 32.2. The van der Waals surface area contributed by atoms with Gasteiger partial charge in [0.1, 0.15) is 0 Å². The molecular weight excluding hydrogens is 350 g/mol. The van der Waals surface area contributed by atoms with Crippen molar-refractivity contribution in [3.8, 4) is 0 Å². The molecule has 0 aliphatic rings. The van der Waals surface area contributed by atoms with Crippen LogP contribution in [0.1, 0.15) is 28.4 Å². The molecule has 3 aromatic rings. The molecule has 1 amide bonds. The Kier molecular flexibility index (Phi) is 4.84. The number of hydrogen-bond donors (Lipinski definition) is 2. The fourth-order valence-corrected chi connectivity index (χ4v) is 3.47. The topological polar surface area (TPSA) is 96.3 Å². The summed E-state index contributed by atoms with van der Waals surface area (Å²) in [4.78, 5) is 17.7. The Morgan fingerprint density at radius 3 is 2.62 bits per heavy atom. The van der Waals surface area contributed by atoms with E-state index in [4.69, 9.17) is 5.14 Å². The predicted octanol–water partition coefficient (Wildman–Crippen LogP) is 2.79. The summed E-state index contributed by atoms with van der Waals surface area (Å²) in [6, 6.07) is 12.3. The van der Waals surface area contributed by atoms with Crippen molar-refractivity contribution in [3.63, 3.8) is 0 Å². The number of carbonyl (C=O) groups is 1. The standard InChI is InChI=1S/C19H21N3O3S/c1-3-22(12-14-5-7-18-15(10-14)8-9-21-18)19(23)17-11-16(26(20,24)25)6-4-13(17)2/h4-11,21H,3,12H2,1-2H3,(H2,20,24,25). The number of sulfonamides is 1. The molecule has 1 heterocycles. The van der Waals surface area contributed by atoms with Crippen molar-refractivity contribution in [2.75, 3.05) is 6.54 Å². The number of amides is 1. The van der Waals surface area contributed by atoms with Crippen molar-refractivity contribution in [2.24, 2.45) is 5.14 Å².